The summed E-state index contributed by atoms with van der Waals surface area (Å²) in [5.41, 5.74) is -1.32. The molecule has 0 aliphatic heterocycles. The number of hydrogen-bond acceptors (Lipinski definition) is 6. The normalized spacial score (nSPS) is 10.6. The lowest BCUT2D eigenvalue weighted by atomic mass is 10.6. The van der Waals surface area contributed by atoms with Crippen molar-refractivity contribution in [3.63, 3.8) is 0 Å². The topological polar surface area (TPSA) is 104 Å². The van der Waals surface area contributed by atoms with Gasteiger partial charge in [-0.15, -0.1) is 0 Å². The molecule has 68 valence electrons. The van der Waals surface area contributed by atoms with E-state index in [1.165, 1.54) is 0 Å². The van der Waals surface area contributed by atoms with E-state index in [2.05, 4.69) is 11.3 Å². The molecule has 0 bridgehead atoms. The number of hydrogen-bond donors (Lipinski definition) is 3. The molecule has 0 heterocycles. The van der Waals surface area contributed by atoms with Gasteiger partial charge in [0, 0.05) is 6.08 Å². The lowest BCUT2D eigenvalue weighted by Gasteiger charge is -2.01. The molecule has 0 unspecified atom stereocenters. The quantitative estimate of drug-likeness (QED) is 0.301. The molecule has 7 heteroatoms. The molecule has 0 amide bonds. The van der Waals surface area contributed by atoms with Crippen molar-refractivity contribution in [1.82, 2.24) is 0 Å². The number of esters is 1. The van der Waals surface area contributed by atoms with Gasteiger partial charge in [-0.25, -0.2) is 9.59 Å². The Labute approximate surface area is 68.7 Å². The molecule has 0 saturated heterocycles. The molecule has 0 aromatic heterocycles. The highest BCUT2D eigenvalue weighted by atomic mass is 31.2. The van der Waals surface area contributed by atoms with Crippen LogP contribution < -0.4 is 0 Å². The van der Waals surface area contributed by atoms with Crippen molar-refractivity contribution in [2.24, 2.45) is 0 Å². The summed E-state index contributed by atoms with van der Waals surface area (Å²) >= 11 is 0. The Morgan fingerprint density at radius 2 is 1.92 bits per heavy atom. The molecular formula is C5H8O6P+. The van der Waals surface area contributed by atoms with Crippen molar-refractivity contribution >= 4 is 19.4 Å². The van der Waals surface area contributed by atoms with Crippen LogP contribution in [0.25, 0.3) is 0 Å². The molecule has 0 atom stereocenters. The number of carbonyl (C=O) groups excluding carboxylic acids is 2. The number of rotatable bonds is 4. The van der Waals surface area contributed by atoms with Crippen molar-refractivity contribution < 1.29 is 29.0 Å². The average Bonchev–Trinajstić information content (AvgIpc) is 1.97. The summed E-state index contributed by atoms with van der Waals surface area (Å²) in [4.78, 5) is 45.8. The van der Waals surface area contributed by atoms with E-state index in [1.54, 1.807) is 0 Å². The molecule has 0 fully saturated rings. The van der Waals surface area contributed by atoms with Gasteiger partial charge in [0.2, 0.25) is 0 Å². The second-order valence-corrected chi connectivity index (χ2v) is 3.41. The summed E-state index contributed by atoms with van der Waals surface area (Å²) in [6, 6.07) is 0. The minimum atomic E-state index is -4.52. The molecular weight excluding hydrogens is 187 g/mol. The van der Waals surface area contributed by atoms with Gasteiger partial charge in [-0.1, -0.05) is 6.58 Å². The average molecular weight is 195 g/mol. The van der Waals surface area contributed by atoms with Crippen LogP contribution in [0, 0.1) is 0 Å². The van der Waals surface area contributed by atoms with Gasteiger partial charge in [-0.05, 0) is 0 Å². The van der Waals surface area contributed by atoms with E-state index in [0.717, 1.165) is 6.08 Å². The fourth-order valence-corrected chi connectivity index (χ4v) is 0.516. The van der Waals surface area contributed by atoms with Crippen molar-refractivity contribution in [2.45, 2.75) is 0 Å². The van der Waals surface area contributed by atoms with Gasteiger partial charge in [0.25, 0.3) is 0 Å². The fraction of sp³-hybridized carbons (Fsp3) is 0.200. The minimum Gasteiger partial charge on any atom is -0.450 e. The Morgan fingerprint density at radius 1 is 1.42 bits per heavy atom. The zero-order valence-corrected chi connectivity index (χ0v) is 6.90. The predicted octanol–water partition coefficient (Wildman–Crippen LogP) is -1.02. The maximum absolute atomic E-state index is 10.5. The predicted molar refractivity (Wildman–Crippen MR) is 39.7 cm³/mol. The first kappa shape index (κ1) is 11.2. The maximum atomic E-state index is 10.5. The fourth-order valence-electron chi connectivity index (χ4n) is 0.278. The molecule has 6 nitrogen and oxygen atoms in total. The SMILES string of the molecule is C=CC(=O)OCC(=O)[P+](O)(O)O. The van der Waals surface area contributed by atoms with Crippen LogP contribution in [0.4, 0.5) is 0 Å². The van der Waals surface area contributed by atoms with Gasteiger partial charge in [-0.3, -0.25) is 0 Å². The highest BCUT2D eigenvalue weighted by molar-refractivity contribution is 7.76. The van der Waals surface area contributed by atoms with Gasteiger partial charge < -0.3 is 4.74 Å². The number of ether oxygens (including phenoxy) is 1. The first-order valence-electron chi connectivity index (χ1n) is 2.78. The van der Waals surface area contributed by atoms with Gasteiger partial charge in [0.15, 0.2) is 6.61 Å². The van der Waals surface area contributed by atoms with Crippen molar-refractivity contribution in [1.29, 1.82) is 0 Å². The molecule has 0 radical (unpaired) electrons. The Morgan fingerprint density at radius 3 is 2.25 bits per heavy atom. The van der Waals surface area contributed by atoms with Gasteiger partial charge in [-0.2, -0.15) is 14.7 Å². The van der Waals surface area contributed by atoms with E-state index in [-0.39, 0.29) is 0 Å². The largest absolute Gasteiger partial charge is 0.482 e. The van der Waals surface area contributed by atoms with E-state index in [4.69, 9.17) is 14.7 Å². The second-order valence-electron chi connectivity index (χ2n) is 1.77. The summed E-state index contributed by atoms with van der Waals surface area (Å²) < 4.78 is 4.12. The molecule has 0 spiro atoms. The van der Waals surface area contributed by atoms with Crippen LogP contribution in [-0.2, 0) is 14.3 Å². The smallest absolute Gasteiger partial charge is 0.450 e. The zero-order chi connectivity index (χ0) is 9.78. The highest BCUT2D eigenvalue weighted by Crippen LogP contribution is 2.45. The molecule has 3 N–H and O–H groups in total. The summed E-state index contributed by atoms with van der Waals surface area (Å²) in [7, 11) is -4.52. The van der Waals surface area contributed by atoms with Gasteiger partial charge >= 0.3 is 19.4 Å². The summed E-state index contributed by atoms with van der Waals surface area (Å²) in [5.74, 6) is -0.878. The lowest BCUT2D eigenvalue weighted by Crippen LogP contribution is -2.15. The third-order valence-corrected chi connectivity index (χ3v) is 1.64. The van der Waals surface area contributed by atoms with Crippen molar-refractivity contribution in [3.8, 4) is 0 Å². The van der Waals surface area contributed by atoms with Crippen molar-refractivity contribution in [3.05, 3.63) is 12.7 Å². The number of carbonyl (C=O) groups is 2. The Hall–Kier alpha value is -0.810. The van der Waals surface area contributed by atoms with Gasteiger partial charge in [0.1, 0.15) is 0 Å². The van der Waals surface area contributed by atoms with Crippen LogP contribution in [0.3, 0.4) is 0 Å². The summed E-state index contributed by atoms with van der Waals surface area (Å²) in [6.45, 7) is 2.16. The van der Waals surface area contributed by atoms with Crippen LogP contribution in [-0.4, -0.2) is 32.8 Å². The summed E-state index contributed by atoms with van der Waals surface area (Å²) in [6.07, 6.45) is 0.805. The summed E-state index contributed by atoms with van der Waals surface area (Å²) in [5, 5.41) is 0. The van der Waals surface area contributed by atoms with E-state index in [0.29, 0.717) is 0 Å². The van der Waals surface area contributed by atoms with Crippen LogP contribution in [0.2, 0.25) is 0 Å². The molecule has 12 heavy (non-hydrogen) atoms. The molecule has 0 rings (SSSR count). The highest BCUT2D eigenvalue weighted by Gasteiger charge is 2.42. The maximum Gasteiger partial charge on any atom is 0.482 e. The van der Waals surface area contributed by atoms with Gasteiger partial charge in [0.05, 0.1) is 0 Å². The minimum absolute atomic E-state index is 0.805. The zero-order valence-electron chi connectivity index (χ0n) is 6.01. The lowest BCUT2D eigenvalue weighted by molar-refractivity contribution is -0.141. The van der Waals surface area contributed by atoms with Crippen molar-refractivity contribution in [2.75, 3.05) is 6.61 Å². The Bertz CT molecular complexity index is 204. The van der Waals surface area contributed by atoms with Crippen LogP contribution in [0.1, 0.15) is 0 Å². The third-order valence-electron chi connectivity index (χ3n) is 0.839. The second kappa shape index (κ2) is 4.27. The molecule has 0 aromatic carbocycles. The molecule has 0 saturated carbocycles. The van der Waals surface area contributed by atoms with E-state index in [1.807, 2.05) is 0 Å². The monoisotopic (exact) mass is 195 g/mol. The van der Waals surface area contributed by atoms with E-state index < -0.39 is 26.0 Å². The first-order valence-corrected chi connectivity index (χ1v) is 4.42. The molecule has 0 aromatic rings. The van der Waals surface area contributed by atoms with Crippen LogP contribution in [0.5, 0.6) is 0 Å². The van der Waals surface area contributed by atoms with E-state index in [9.17, 15) is 9.59 Å². The molecule has 0 aliphatic rings. The first-order chi connectivity index (χ1) is 5.38. The molecule has 0 aliphatic carbocycles. The third kappa shape index (κ3) is 4.15. The Balaban J connectivity index is 3.88. The van der Waals surface area contributed by atoms with Crippen LogP contribution >= 0.6 is 7.94 Å². The Kier molecular flexibility index (Phi) is 3.99. The standard InChI is InChI=1S/C5H8O6P/c1-2-4(6)11-3-5(7)12(8,9)10/h2,8-10H,1,3H2/q+1. The van der Waals surface area contributed by atoms with Crippen LogP contribution in [0.15, 0.2) is 12.7 Å². The van der Waals surface area contributed by atoms with E-state index >= 15 is 0 Å².